The third-order valence-corrected chi connectivity index (χ3v) is 2.07. The molecule has 0 aromatic heterocycles. The third-order valence-electron chi connectivity index (χ3n) is 2.07. The van der Waals surface area contributed by atoms with Gasteiger partial charge in [0, 0.05) is 20.5 Å². The molecule has 0 heterocycles. The van der Waals surface area contributed by atoms with Crippen molar-refractivity contribution in [1.29, 1.82) is 0 Å². The predicted molar refractivity (Wildman–Crippen MR) is 58.6 cm³/mol. The van der Waals surface area contributed by atoms with Gasteiger partial charge in [-0.3, -0.25) is 9.59 Å². The minimum absolute atomic E-state index is 0.0424. The van der Waals surface area contributed by atoms with Crippen LogP contribution in [0.15, 0.2) is 0 Å². The largest absolute Gasteiger partial charge is 0.382 e. The highest BCUT2D eigenvalue weighted by Crippen LogP contribution is 2.06. The van der Waals surface area contributed by atoms with Crippen molar-refractivity contribution in [2.24, 2.45) is 5.92 Å². The second-order valence-electron chi connectivity index (χ2n) is 4.11. The number of nitrogens with one attached hydrogen (secondary N) is 1. The van der Waals surface area contributed by atoms with Gasteiger partial charge in [0.05, 0.1) is 6.61 Å². The molecule has 0 spiro atoms. The van der Waals surface area contributed by atoms with Crippen LogP contribution < -0.4 is 5.32 Å². The van der Waals surface area contributed by atoms with Crippen molar-refractivity contribution in [2.45, 2.75) is 39.7 Å². The second kappa shape index (κ2) is 7.40. The predicted octanol–water partition coefficient (Wildman–Crippen LogP) is 1.14. The van der Waals surface area contributed by atoms with E-state index in [0.717, 1.165) is 6.42 Å². The van der Waals surface area contributed by atoms with E-state index < -0.39 is 6.04 Å². The van der Waals surface area contributed by atoms with Gasteiger partial charge in [0.25, 0.3) is 0 Å². The fraction of sp³-hybridized carbons (Fsp3) is 0.818. The highest BCUT2D eigenvalue weighted by Gasteiger charge is 2.18. The number of carbonyl (C=O) groups excluding carboxylic acids is 2. The van der Waals surface area contributed by atoms with E-state index in [1.807, 2.05) is 0 Å². The van der Waals surface area contributed by atoms with Crippen LogP contribution in [0.1, 0.15) is 33.6 Å². The van der Waals surface area contributed by atoms with Crippen molar-refractivity contribution in [3.05, 3.63) is 0 Å². The molecule has 0 aromatic carbocycles. The molecule has 0 bridgehead atoms. The van der Waals surface area contributed by atoms with Crippen molar-refractivity contribution in [2.75, 3.05) is 13.7 Å². The van der Waals surface area contributed by atoms with E-state index in [1.165, 1.54) is 14.0 Å². The van der Waals surface area contributed by atoms with Gasteiger partial charge in [0.2, 0.25) is 5.91 Å². The summed E-state index contributed by atoms with van der Waals surface area (Å²) in [5, 5.41) is 2.59. The van der Waals surface area contributed by atoms with Crippen molar-refractivity contribution >= 4 is 11.7 Å². The average Bonchev–Trinajstić information content (AvgIpc) is 2.12. The SMILES string of the molecule is COCC(NC(C)=O)C(=O)CCC(C)C. The molecule has 0 saturated carbocycles. The smallest absolute Gasteiger partial charge is 0.217 e. The number of amides is 1. The lowest BCUT2D eigenvalue weighted by Gasteiger charge is -2.16. The second-order valence-corrected chi connectivity index (χ2v) is 4.11. The Balaban J connectivity index is 4.09. The zero-order valence-electron chi connectivity index (χ0n) is 10.0. The molecule has 88 valence electrons. The van der Waals surface area contributed by atoms with Gasteiger partial charge in [0.15, 0.2) is 5.78 Å². The number of methoxy groups -OCH3 is 1. The zero-order chi connectivity index (χ0) is 11.8. The van der Waals surface area contributed by atoms with E-state index in [9.17, 15) is 9.59 Å². The molecule has 0 aromatic rings. The number of ether oxygens (including phenoxy) is 1. The first-order valence-electron chi connectivity index (χ1n) is 5.26. The van der Waals surface area contributed by atoms with Gasteiger partial charge in [-0.1, -0.05) is 13.8 Å². The van der Waals surface area contributed by atoms with Crippen molar-refractivity contribution in [3.63, 3.8) is 0 Å². The van der Waals surface area contributed by atoms with Gasteiger partial charge in [0.1, 0.15) is 6.04 Å². The fourth-order valence-corrected chi connectivity index (χ4v) is 1.23. The number of ketones is 1. The molecule has 1 atom stereocenters. The topological polar surface area (TPSA) is 55.4 Å². The molecule has 15 heavy (non-hydrogen) atoms. The Labute approximate surface area is 91.4 Å². The Morgan fingerprint density at radius 2 is 1.93 bits per heavy atom. The summed E-state index contributed by atoms with van der Waals surface area (Å²) in [5.41, 5.74) is 0. The lowest BCUT2D eigenvalue weighted by molar-refractivity contribution is -0.128. The van der Waals surface area contributed by atoms with Crippen molar-refractivity contribution in [1.82, 2.24) is 5.32 Å². The maximum Gasteiger partial charge on any atom is 0.217 e. The summed E-state index contributed by atoms with van der Waals surface area (Å²) in [6, 6.07) is -0.494. The van der Waals surface area contributed by atoms with Gasteiger partial charge in [-0.25, -0.2) is 0 Å². The van der Waals surface area contributed by atoms with Gasteiger partial charge in [-0.15, -0.1) is 0 Å². The lowest BCUT2D eigenvalue weighted by Crippen LogP contribution is -2.42. The maximum absolute atomic E-state index is 11.7. The lowest BCUT2D eigenvalue weighted by atomic mass is 10.0. The quantitative estimate of drug-likeness (QED) is 0.693. The average molecular weight is 215 g/mol. The zero-order valence-corrected chi connectivity index (χ0v) is 10.0. The Morgan fingerprint density at radius 1 is 1.33 bits per heavy atom. The van der Waals surface area contributed by atoms with Crippen molar-refractivity contribution < 1.29 is 14.3 Å². The highest BCUT2D eigenvalue weighted by molar-refractivity contribution is 5.88. The van der Waals surface area contributed by atoms with Gasteiger partial charge in [-0.2, -0.15) is 0 Å². The van der Waals surface area contributed by atoms with Crippen LogP contribution in [0, 0.1) is 5.92 Å². The number of Topliss-reactive ketones (excluding diaryl/α,β-unsaturated/α-hetero) is 1. The number of carbonyl (C=O) groups is 2. The molecule has 1 unspecified atom stereocenters. The Morgan fingerprint density at radius 3 is 2.33 bits per heavy atom. The van der Waals surface area contributed by atoms with Crippen LogP contribution in [0.5, 0.6) is 0 Å². The Kier molecular flexibility index (Phi) is 6.96. The molecule has 0 fully saturated rings. The number of hydrogen-bond donors (Lipinski definition) is 1. The maximum atomic E-state index is 11.7. The standard InChI is InChI=1S/C11H21NO3/c1-8(2)5-6-11(14)10(7-15-4)12-9(3)13/h8,10H,5-7H2,1-4H3,(H,12,13). The summed E-state index contributed by atoms with van der Waals surface area (Å²) in [7, 11) is 1.52. The van der Waals surface area contributed by atoms with E-state index >= 15 is 0 Å². The molecule has 1 amide bonds. The molecular formula is C11H21NO3. The van der Waals surface area contributed by atoms with Gasteiger partial charge in [-0.05, 0) is 12.3 Å². The van der Waals surface area contributed by atoms with Crippen LogP contribution in [-0.4, -0.2) is 31.4 Å². The third kappa shape index (κ3) is 7.08. The van der Waals surface area contributed by atoms with Gasteiger partial charge >= 0.3 is 0 Å². The first-order valence-corrected chi connectivity index (χ1v) is 5.26. The van der Waals surface area contributed by atoms with Crippen LogP contribution in [-0.2, 0) is 14.3 Å². The van der Waals surface area contributed by atoms with Crippen LogP contribution in [0.4, 0.5) is 0 Å². The molecule has 0 saturated heterocycles. The molecule has 4 nitrogen and oxygen atoms in total. The molecule has 0 aliphatic rings. The highest BCUT2D eigenvalue weighted by atomic mass is 16.5. The first-order chi connectivity index (χ1) is 6.97. The van der Waals surface area contributed by atoms with Crippen LogP contribution in [0.3, 0.4) is 0 Å². The van der Waals surface area contributed by atoms with E-state index in [1.54, 1.807) is 0 Å². The van der Waals surface area contributed by atoms with E-state index in [0.29, 0.717) is 12.3 Å². The molecule has 4 heteroatoms. The summed E-state index contributed by atoms with van der Waals surface area (Å²) in [6.07, 6.45) is 1.34. The molecular weight excluding hydrogens is 194 g/mol. The summed E-state index contributed by atoms with van der Waals surface area (Å²) in [5.74, 6) is 0.338. The van der Waals surface area contributed by atoms with E-state index in [-0.39, 0.29) is 18.3 Å². The molecule has 0 rings (SSSR count). The van der Waals surface area contributed by atoms with Crippen LogP contribution in [0.2, 0.25) is 0 Å². The van der Waals surface area contributed by atoms with Crippen LogP contribution in [0.25, 0.3) is 0 Å². The summed E-state index contributed by atoms with van der Waals surface area (Å²) < 4.78 is 4.90. The monoisotopic (exact) mass is 215 g/mol. The Hall–Kier alpha value is -0.900. The minimum atomic E-state index is -0.494. The molecule has 0 radical (unpaired) electrons. The number of rotatable bonds is 7. The molecule has 1 N–H and O–H groups in total. The first kappa shape index (κ1) is 14.1. The summed E-state index contributed by atoms with van der Waals surface area (Å²) in [4.78, 5) is 22.5. The summed E-state index contributed by atoms with van der Waals surface area (Å²) >= 11 is 0. The van der Waals surface area contributed by atoms with Crippen molar-refractivity contribution in [3.8, 4) is 0 Å². The Bertz CT molecular complexity index is 214. The molecule has 0 aliphatic carbocycles. The molecule has 0 aliphatic heterocycles. The fourth-order valence-electron chi connectivity index (χ4n) is 1.23. The number of hydrogen-bond acceptors (Lipinski definition) is 3. The van der Waals surface area contributed by atoms with E-state index in [2.05, 4.69) is 19.2 Å². The van der Waals surface area contributed by atoms with E-state index in [4.69, 9.17) is 4.74 Å². The summed E-state index contributed by atoms with van der Waals surface area (Å²) in [6.45, 7) is 5.78. The van der Waals surface area contributed by atoms with Crippen LogP contribution >= 0.6 is 0 Å². The minimum Gasteiger partial charge on any atom is -0.382 e. The van der Waals surface area contributed by atoms with Gasteiger partial charge < -0.3 is 10.1 Å². The normalized spacial score (nSPS) is 12.6.